The molecule has 1 aliphatic rings. The molecule has 82 valence electrons. The third-order valence-electron chi connectivity index (χ3n) is 3.32. The van der Waals surface area contributed by atoms with E-state index in [1.807, 2.05) is 13.8 Å². The van der Waals surface area contributed by atoms with Crippen molar-refractivity contribution in [3.8, 4) is 0 Å². The van der Waals surface area contributed by atoms with Crippen LogP contribution < -0.4 is 0 Å². The molecule has 1 aliphatic heterocycles. The maximum absolute atomic E-state index is 11.3. The third-order valence-corrected chi connectivity index (χ3v) is 5.10. The van der Waals surface area contributed by atoms with Gasteiger partial charge < -0.3 is 5.11 Å². The van der Waals surface area contributed by atoms with Crippen LogP contribution in [0.2, 0.25) is 0 Å². The number of sulfone groups is 1. The van der Waals surface area contributed by atoms with Gasteiger partial charge in [-0.1, -0.05) is 20.3 Å². The van der Waals surface area contributed by atoms with E-state index < -0.39 is 21.2 Å². The van der Waals surface area contributed by atoms with Crippen molar-refractivity contribution < 1.29 is 18.3 Å². The van der Waals surface area contributed by atoms with Crippen LogP contribution >= 0.6 is 0 Å². The first-order chi connectivity index (χ1) is 6.34. The summed E-state index contributed by atoms with van der Waals surface area (Å²) in [5, 5.41) is 9.13. The standard InChI is InChI=1S/C9H16O4S/c1-3-7(2)9(8(10)11)4-5-14(12,13)6-9/h7H,3-6H2,1-2H3,(H,10,11). The molecule has 2 unspecified atom stereocenters. The number of carbonyl (C=O) groups is 1. The van der Waals surface area contributed by atoms with E-state index in [0.29, 0.717) is 6.42 Å². The van der Waals surface area contributed by atoms with Gasteiger partial charge in [0.15, 0.2) is 9.84 Å². The van der Waals surface area contributed by atoms with Crippen LogP contribution in [0.3, 0.4) is 0 Å². The van der Waals surface area contributed by atoms with Crippen LogP contribution in [0, 0.1) is 11.3 Å². The van der Waals surface area contributed by atoms with Gasteiger partial charge in [-0.25, -0.2) is 8.42 Å². The molecule has 2 atom stereocenters. The SMILES string of the molecule is CCC(C)C1(C(=O)O)CCS(=O)(=O)C1. The Kier molecular flexibility index (Phi) is 2.90. The molecular weight excluding hydrogens is 204 g/mol. The second-order valence-corrected chi connectivity index (χ2v) is 6.30. The van der Waals surface area contributed by atoms with Gasteiger partial charge in [0.2, 0.25) is 0 Å². The van der Waals surface area contributed by atoms with E-state index in [4.69, 9.17) is 5.11 Å². The molecule has 1 saturated heterocycles. The summed E-state index contributed by atoms with van der Waals surface area (Å²) >= 11 is 0. The van der Waals surface area contributed by atoms with Gasteiger partial charge in [-0.05, 0) is 12.3 Å². The van der Waals surface area contributed by atoms with Crippen molar-refractivity contribution in [2.45, 2.75) is 26.7 Å². The monoisotopic (exact) mass is 220 g/mol. The van der Waals surface area contributed by atoms with Crippen LogP contribution in [-0.2, 0) is 14.6 Å². The Morgan fingerprint density at radius 1 is 1.57 bits per heavy atom. The Morgan fingerprint density at radius 3 is 2.43 bits per heavy atom. The predicted octanol–water partition coefficient (Wildman–Crippen LogP) is 0.922. The molecule has 4 nitrogen and oxygen atoms in total. The van der Waals surface area contributed by atoms with Crippen molar-refractivity contribution in [3.63, 3.8) is 0 Å². The Balaban J connectivity index is 3.04. The van der Waals surface area contributed by atoms with Gasteiger partial charge in [0.1, 0.15) is 0 Å². The van der Waals surface area contributed by atoms with Gasteiger partial charge in [-0.15, -0.1) is 0 Å². The largest absolute Gasteiger partial charge is 0.481 e. The zero-order valence-corrected chi connectivity index (χ0v) is 9.30. The molecule has 0 saturated carbocycles. The minimum Gasteiger partial charge on any atom is -0.481 e. The van der Waals surface area contributed by atoms with E-state index in [1.165, 1.54) is 0 Å². The first-order valence-corrected chi connectivity index (χ1v) is 6.60. The molecule has 0 bridgehead atoms. The molecule has 14 heavy (non-hydrogen) atoms. The van der Waals surface area contributed by atoms with Gasteiger partial charge in [0, 0.05) is 0 Å². The molecule has 0 amide bonds. The second kappa shape index (κ2) is 3.53. The zero-order chi connectivity index (χ0) is 11.0. The molecule has 0 aromatic carbocycles. The highest BCUT2D eigenvalue weighted by molar-refractivity contribution is 7.91. The summed E-state index contributed by atoms with van der Waals surface area (Å²) in [5.74, 6) is -1.22. The van der Waals surface area contributed by atoms with Crippen LogP contribution in [0.1, 0.15) is 26.7 Å². The summed E-state index contributed by atoms with van der Waals surface area (Å²) in [5.41, 5.74) is -1.03. The quantitative estimate of drug-likeness (QED) is 0.767. The number of hydrogen-bond donors (Lipinski definition) is 1. The van der Waals surface area contributed by atoms with Crippen molar-refractivity contribution in [3.05, 3.63) is 0 Å². The van der Waals surface area contributed by atoms with Crippen LogP contribution in [0.5, 0.6) is 0 Å². The Hall–Kier alpha value is -0.580. The minimum atomic E-state index is -3.13. The molecule has 0 spiro atoms. The smallest absolute Gasteiger partial charge is 0.310 e. The fourth-order valence-electron chi connectivity index (χ4n) is 2.03. The fraction of sp³-hybridized carbons (Fsp3) is 0.889. The van der Waals surface area contributed by atoms with Crippen molar-refractivity contribution in [1.29, 1.82) is 0 Å². The highest BCUT2D eigenvalue weighted by atomic mass is 32.2. The summed E-state index contributed by atoms with van der Waals surface area (Å²) in [6.45, 7) is 3.70. The topological polar surface area (TPSA) is 71.4 Å². The van der Waals surface area contributed by atoms with E-state index >= 15 is 0 Å². The highest BCUT2D eigenvalue weighted by Crippen LogP contribution is 2.41. The van der Waals surface area contributed by atoms with Crippen molar-refractivity contribution in [1.82, 2.24) is 0 Å². The van der Waals surface area contributed by atoms with Gasteiger partial charge >= 0.3 is 5.97 Å². The van der Waals surface area contributed by atoms with Gasteiger partial charge in [0.05, 0.1) is 16.9 Å². The molecule has 1 rings (SSSR count). The number of carboxylic acids is 1. The molecule has 1 N–H and O–H groups in total. The average molecular weight is 220 g/mol. The number of hydrogen-bond acceptors (Lipinski definition) is 3. The first-order valence-electron chi connectivity index (χ1n) is 4.78. The van der Waals surface area contributed by atoms with Crippen LogP contribution in [0.4, 0.5) is 0 Å². The number of rotatable bonds is 3. The summed E-state index contributed by atoms with van der Waals surface area (Å²) < 4.78 is 22.6. The number of carboxylic acid groups (broad SMARTS) is 1. The Morgan fingerprint density at radius 2 is 2.14 bits per heavy atom. The maximum Gasteiger partial charge on any atom is 0.310 e. The van der Waals surface area contributed by atoms with E-state index in [-0.39, 0.29) is 23.8 Å². The molecule has 0 aromatic rings. The predicted molar refractivity (Wildman–Crippen MR) is 52.8 cm³/mol. The van der Waals surface area contributed by atoms with Gasteiger partial charge in [-0.3, -0.25) is 4.79 Å². The van der Waals surface area contributed by atoms with E-state index in [9.17, 15) is 13.2 Å². The Bertz CT molecular complexity index is 333. The lowest BCUT2D eigenvalue weighted by atomic mass is 9.75. The lowest BCUT2D eigenvalue weighted by Crippen LogP contribution is -2.38. The lowest BCUT2D eigenvalue weighted by Gasteiger charge is -2.28. The lowest BCUT2D eigenvalue weighted by molar-refractivity contribution is -0.150. The molecular formula is C9H16O4S. The summed E-state index contributed by atoms with van der Waals surface area (Å²) in [6, 6.07) is 0. The molecule has 1 heterocycles. The van der Waals surface area contributed by atoms with Crippen molar-refractivity contribution >= 4 is 15.8 Å². The van der Waals surface area contributed by atoms with Crippen LogP contribution in [0.25, 0.3) is 0 Å². The number of aliphatic carboxylic acids is 1. The Labute approximate surface area is 84.2 Å². The average Bonchev–Trinajstić information content (AvgIpc) is 2.42. The van der Waals surface area contributed by atoms with E-state index in [0.717, 1.165) is 0 Å². The van der Waals surface area contributed by atoms with Crippen molar-refractivity contribution in [2.75, 3.05) is 11.5 Å². The third kappa shape index (κ3) is 1.78. The summed E-state index contributed by atoms with van der Waals surface area (Å²) in [6.07, 6.45) is 0.960. The zero-order valence-electron chi connectivity index (χ0n) is 8.49. The van der Waals surface area contributed by atoms with Crippen molar-refractivity contribution in [2.24, 2.45) is 11.3 Å². The highest BCUT2D eigenvalue weighted by Gasteiger charge is 2.51. The van der Waals surface area contributed by atoms with E-state index in [1.54, 1.807) is 0 Å². The second-order valence-electron chi connectivity index (χ2n) is 4.11. The fourth-order valence-corrected chi connectivity index (χ4v) is 4.19. The van der Waals surface area contributed by atoms with Crippen LogP contribution in [-0.4, -0.2) is 31.0 Å². The van der Waals surface area contributed by atoms with E-state index in [2.05, 4.69) is 0 Å². The van der Waals surface area contributed by atoms with Crippen LogP contribution in [0.15, 0.2) is 0 Å². The molecule has 0 aromatic heterocycles. The summed E-state index contributed by atoms with van der Waals surface area (Å²) in [4.78, 5) is 11.1. The molecule has 0 radical (unpaired) electrons. The maximum atomic E-state index is 11.3. The minimum absolute atomic E-state index is 0.0175. The molecule has 5 heteroatoms. The van der Waals surface area contributed by atoms with Gasteiger partial charge in [0.25, 0.3) is 0 Å². The van der Waals surface area contributed by atoms with Gasteiger partial charge in [-0.2, -0.15) is 0 Å². The molecule has 1 fully saturated rings. The normalized spacial score (nSPS) is 32.7. The summed E-state index contributed by atoms with van der Waals surface area (Å²) in [7, 11) is -3.13. The first kappa shape index (κ1) is 11.5. The molecule has 0 aliphatic carbocycles.